The number of rotatable bonds is 1. The van der Waals surface area contributed by atoms with Gasteiger partial charge in [0.2, 0.25) is 5.91 Å². The van der Waals surface area contributed by atoms with E-state index in [1.54, 1.807) is 11.2 Å². The van der Waals surface area contributed by atoms with Crippen LogP contribution in [0.25, 0.3) is 0 Å². The lowest BCUT2D eigenvalue weighted by Gasteiger charge is -2.13. The summed E-state index contributed by atoms with van der Waals surface area (Å²) in [6.45, 7) is 2.55. The molecular weight excluding hydrogens is 116 g/mol. The van der Waals surface area contributed by atoms with Crippen molar-refractivity contribution in [2.75, 3.05) is 6.54 Å². The lowest BCUT2D eigenvalue weighted by molar-refractivity contribution is -0.131. The Kier molecular flexibility index (Phi) is 1.72. The van der Waals surface area contributed by atoms with E-state index in [0.29, 0.717) is 13.0 Å². The molecule has 0 radical (unpaired) electrons. The van der Waals surface area contributed by atoms with E-state index in [-0.39, 0.29) is 5.91 Å². The first-order valence-electron chi connectivity index (χ1n) is 3.06. The van der Waals surface area contributed by atoms with Crippen LogP contribution in [-0.2, 0) is 4.79 Å². The minimum Gasteiger partial charge on any atom is -0.303 e. The zero-order valence-corrected chi connectivity index (χ0v) is 5.42. The lowest BCUT2D eigenvalue weighted by atomic mass is 10.4. The second kappa shape index (κ2) is 2.53. The topological polar surface area (TPSA) is 32.3 Å². The largest absolute Gasteiger partial charge is 0.303 e. The first-order valence-corrected chi connectivity index (χ1v) is 3.06. The van der Waals surface area contributed by atoms with E-state index in [0.717, 1.165) is 0 Å². The summed E-state index contributed by atoms with van der Waals surface area (Å²) in [6.07, 6.45) is 4.25. The fourth-order valence-corrected chi connectivity index (χ4v) is 0.718. The van der Waals surface area contributed by atoms with Gasteiger partial charge < -0.3 is 5.43 Å². The van der Waals surface area contributed by atoms with Gasteiger partial charge in [0.1, 0.15) is 0 Å². The summed E-state index contributed by atoms with van der Waals surface area (Å²) >= 11 is 0. The number of carbonyl (C=O) groups is 1. The molecule has 0 spiro atoms. The smallest absolute Gasteiger partial charge is 0.240 e. The molecule has 0 fully saturated rings. The van der Waals surface area contributed by atoms with Crippen molar-refractivity contribution in [1.29, 1.82) is 0 Å². The van der Waals surface area contributed by atoms with E-state index in [9.17, 15) is 4.79 Å². The van der Waals surface area contributed by atoms with Gasteiger partial charge in [-0.25, -0.2) is 0 Å². The minimum atomic E-state index is 0.139. The van der Waals surface area contributed by atoms with Crippen molar-refractivity contribution in [3.63, 3.8) is 0 Å². The highest BCUT2D eigenvalue weighted by molar-refractivity contribution is 5.75. The number of nitrogens with one attached hydrogen (secondary N) is 1. The molecule has 50 valence electrons. The second-order valence-corrected chi connectivity index (χ2v) is 1.89. The maximum atomic E-state index is 10.8. The van der Waals surface area contributed by atoms with Crippen LogP contribution in [0.15, 0.2) is 12.3 Å². The monoisotopic (exact) mass is 126 g/mol. The maximum absolute atomic E-state index is 10.8. The average molecular weight is 126 g/mol. The van der Waals surface area contributed by atoms with Gasteiger partial charge in [-0.1, -0.05) is 6.92 Å². The van der Waals surface area contributed by atoms with Crippen molar-refractivity contribution in [1.82, 2.24) is 10.4 Å². The third-order valence-corrected chi connectivity index (χ3v) is 1.24. The Morgan fingerprint density at radius 3 is 3.11 bits per heavy atom. The highest BCUT2D eigenvalue weighted by Crippen LogP contribution is 1.94. The van der Waals surface area contributed by atoms with Gasteiger partial charge in [0, 0.05) is 12.6 Å². The number of hydrogen-bond donors (Lipinski definition) is 1. The van der Waals surface area contributed by atoms with Crippen LogP contribution in [0.1, 0.15) is 13.3 Å². The molecular formula is C6H10N2O. The Labute approximate surface area is 54.3 Å². The Morgan fingerprint density at radius 1 is 1.89 bits per heavy atom. The SMILES string of the molecule is CCC(=O)N1CC=CN1. The van der Waals surface area contributed by atoms with Crippen molar-refractivity contribution in [2.45, 2.75) is 13.3 Å². The van der Waals surface area contributed by atoms with Crippen LogP contribution in [0.4, 0.5) is 0 Å². The molecule has 0 aromatic heterocycles. The fraction of sp³-hybridized carbons (Fsp3) is 0.500. The maximum Gasteiger partial charge on any atom is 0.240 e. The summed E-state index contributed by atoms with van der Waals surface area (Å²) in [5.41, 5.74) is 2.81. The molecule has 9 heavy (non-hydrogen) atoms. The summed E-state index contributed by atoms with van der Waals surface area (Å²) in [4.78, 5) is 10.8. The highest BCUT2D eigenvalue weighted by Gasteiger charge is 2.09. The molecule has 3 nitrogen and oxygen atoms in total. The van der Waals surface area contributed by atoms with Crippen LogP contribution in [0, 0.1) is 0 Å². The average Bonchev–Trinajstić information content (AvgIpc) is 2.37. The lowest BCUT2D eigenvalue weighted by Crippen LogP contribution is -2.35. The van der Waals surface area contributed by atoms with E-state index in [1.807, 2.05) is 13.0 Å². The number of hydrogen-bond acceptors (Lipinski definition) is 2. The Morgan fingerprint density at radius 2 is 2.67 bits per heavy atom. The third-order valence-electron chi connectivity index (χ3n) is 1.24. The van der Waals surface area contributed by atoms with Crippen LogP contribution in [-0.4, -0.2) is 17.5 Å². The molecule has 0 aromatic rings. The van der Waals surface area contributed by atoms with Gasteiger partial charge in [-0.15, -0.1) is 0 Å². The van der Waals surface area contributed by atoms with Gasteiger partial charge in [-0.3, -0.25) is 9.80 Å². The van der Waals surface area contributed by atoms with Crippen molar-refractivity contribution >= 4 is 5.91 Å². The summed E-state index contributed by atoms with van der Waals surface area (Å²) in [6, 6.07) is 0. The Balaban J connectivity index is 2.36. The molecule has 0 saturated carbocycles. The summed E-state index contributed by atoms with van der Waals surface area (Å²) in [5, 5.41) is 1.58. The van der Waals surface area contributed by atoms with Gasteiger partial charge in [0.15, 0.2) is 0 Å². The molecule has 1 amide bonds. The molecule has 0 aromatic carbocycles. The molecule has 1 heterocycles. The van der Waals surface area contributed by atoms with E-state index in [1.165, 1.54) is 0 Å². The highest BCUT2D eigenvalue weighted by atomic mass is 16.2. The zero-order chi connectivity index (χ0) is 6.69. The second-order valence-electron chi connectivity index (χ2n) is 1.89. The van der Waals surface area contributed by atoms with Crippen LogP contribution >= 0.6 is 0 Å². The van der Waals surface area contributed by atoms with Crippen LogP contribution in [0.3, 0.4) is 0 Å². The predicted molar refractivity (Wildman–Crippen MR) is 34.3 cm³/mol. The summed E-state index contributed by atoms with van der Waals surface area (Å²) in [7, 11) is 0. The normalized spacial score (nSPS) is 15.9. The Bertz CT molecular complexity index is 134. The van der Waals surface area contributed by atoms with Crippen LogP contribution in [0.2, 0.25) is 0 Å². The van der Waals surface area contributed by atoms with Gasteiger partial charge in [0.05, 0.1) is 6.54 Å². The molecule has 1 aliphatic heterocycles. The molecule has 1 N–H and O–H groups in total. The van der Waals surface area contributed by atoms with Crippen LogP contribution < -0.4 is 5.43 Å². The first-order chi connectivity index (χ1) is 4.34. The molecule has 0 atom stereocenters. The predicted octanol–water partition coefficient (Wildman–Crippen LogP) is 0.257. The molecule has 3 heteroatoms. The van der Waals surface area contributed by atoms with Crippen molar-refractivity contribution in [3.8, 4) is 0 Å². The third kappa shape index (κ3) is 1.22. The Hall–Kier alpha value is -0.990. The minimum absolute atomic E-state index is 0.139. The van der Waals surface area contributed by atoms with Crippen molar-refractivity contribution in [2.24, 2.45) is 0 Å². The van der Waals surface area contributed by atoms with E-state index >= 15 is 0 Å². The number of nitrogens with zero attached hydrogens (tertiary/aromatic N) is 1. The molecule has 0 aliphatic carbocycles. The zero-order valence-electron chi connectivity index (χ0n) is 5.42. The molecule has 0 unspecified atom stereocenters. The fourth-order valence-electron chi connectivity index (χ4n) is 0.718. The number of hydrazine groups is 1. The van der Waals surface area contributed by atoms with E-state index in [2.05, 4.69) is 5.43 Å². The molecule has 0 bridgehead atoms. The summed E-state index contributed by atoms with van der Waals surface area (Å²) in [5.74, 6) is 0.139. The summed E-state index contributed by atoms with van der Waals surface area (Å²) < 4.78 is 0. The van der Waals surface area contributed by atoms with Crippen molar-refractivity contribution in [3.05, 3.63) is 12.3 Å². The van der Waals surface area contributed by atoms with Gasteiger partial charge >= 0.3 is 0 Å². The molecule has 1 rings (SSSR count). The van der Waals surface area contributed by atoms with Crippen molar-refractivity contribution < 1.29 is 4.79 Å². The van der Waals surface area contributed by atoms with Gasteiger partial charge in [-0.2, -0.15) is 0 Å². The number of carbonyl (C=O) groups excluding carboxylic acids is 1. The molecule has 1 aliphatic rings. The number of amides is 1. The van der Waals surface area contributed by atoms with Gasteiger partial charge in [-0.05, 0) is 6.08 Å². The van der Waals surface area contributed by atoms with E-state index in [4.69, 9.17) is 0 Å². The standard InChI is InChI=1S/C6H10N2O/c1-2-6(9)8-5-3-4-7-8/h3-4,7H,2,5H2,1H3. The molecule has 0 saturated heterocycles. The van der Waals surface area contributed by atoms with E-state index < -0.39 is 0 Å². The first kappa shape index (κ1) is 6.13. The van der Waals surface area contributed by atoms with Gasteiger partial charge in [0.25, 0.3) is 0 Å². The van der Waals surface area contributed by atoms with Crippen LogP contribution in [0.5, 0.6) is 0 Å². The quantitative estimate of drug-likeness (QED) is 0.546.